The minimum atomic E-state index is 1.03. The molecule has 0 aromatic rings. The van der Waals surface area contributed by atoms with Crippen LogP contribution in [0.15, 0.2) is 11.6 Å². The van der Waals surface area contributed by atoms with Gasteiger partial charge in [0.2, 0.25) is 0 Å². The lowest BCUT2D eigenvalue weighted by Gasteiger charge is -2.13. The Morgan fingerprint density at radius 1 is 1.67 bits per heavy atom. The van der Waals surface area contributed by atoms with Gasteiger partial charge in [-0.3, -0.25) is 0 Å². The van der Waals surface area contributed by atoms with E-state index in [1.165, 1.54) is 25.7 Å². The summed E-state index contributed by atoms with van der Waals surface area (Å²) in [5.74, 6) is 2.07. The predicted octanol–water partition coefficient (Wildman–Crippen LogP) is 2.75. The van der Waals surface area contributed by atoms with Crippen LogP contribution in [0.25, 0.3) is 0 Å². The van der Waals surface area contributed by atoms with Gasteiger partial charge >= 0.3 is 0 Å². The molecule has 1 saturated carbocycles. The Bertz CT molecular complexity index is 144. The maximum Gasteiger partial charge on any atom is -0.0163 e. The van der Waals surface area contributed by atoms with Crippen LogP contribution in [-0.4, -0.2) is 0 Å². The van der Waals surface area contributed by atoms with Crippen LogP contribution in [0, 0.1) is 11.8 Å². The molecule has 50 valence electrons. The lowest BCUT2D eigenvalue weighted by Crippen LogP contribution is -2.01. The van der Waals surface area contributed by atoms with E-state index in [-0.39, 0.29) is 0 Å². The Labute approximate surface area is 57.0 Å². The van der Waals surface area contributed by atoms with E-state index in [2.05, 4.69) is 13.0 Å². The monoisotopic (exact) mass is 122 g/mol. The first-order valence-electron chi connectivity index (χ1n) is 4.09. The van der Waals surface area contributed by atoms with Crippen LogP contribution >= 0.6 is 0 Å². The van der Waals surface area contributed by atoms with E-state index in [0.717, 1.165) is 11.8 Å². The second-order valence-corrected chi connectivity index (χ2v) is 3.43. The molecule has 2 aliphatic rings. The lowest BCUT2D eigenvalue weighted by atomic mass is 9.92. The van der Waals surface area contributed by atoms with Gasteiger partial charge in [-0.25, -0.2) is 0 Å². The van der Waals surface area contributed by atoms with Crippen molar-refractivity contribution in [3.63, 3.8) is 0 Å². The van der Waals surface area contributed by atoms with Gasteiger partial charge in [0.25, 0.3) is 0 Å². The molecule has 2 rings (SSSR count). The maximum absolute atomic E-state index is 2.47. The number of rotatable bonds is 1. The summed E-state index contributed by atoms with van der Waals surface area (Å²) in [6.45, 7) is 2.31. The minimum Gasteiger partial charge on any atom is -0.0847 e. The van der Waals surface area contributed by atoms with Crippen molar-refractivity contribution >= 4 is 0 Å². The lowest BCUT2D eigenvalue weighted by molar-refractivity contribution is 0.442. The molecule has 9 heavy (non-hydrogen) atoms. The zero-order valence-corrected chi connectivity index (χ0v) is 6.06. The molecule has 0 amide bonds. The predicted molar refractivity (Wildman–Crippen MR) is 39.2 cm³/mol. The Morgan fingerprint density at radius 3 is 3.22 bits per heavy atom. The molecular weight excluding hydrogens is 108 g/mol. The first-order valence-corrected chi connectivity index (χ1v) is 4.09. The molecule has 0 radical (unpaired) electrons. The van der Waals surface area contributed by atoms with E-state index < -0.39 is 0 Å². The molecule has 0 N–H and O–H groups in total. The van der Waals surface area contributed by atoms with Crippen LogP contribution in [-0.2, 0) is 0 Å². The van der Waals surface area contributed by atoms with Crippen molar-refractivity contribution < 1.29 is 0 Å². The maximum atomic E-state index is 2.47. The van der Waals surface area contributed by atoms with Gasteiger partial charge in [0.1, 0.15) is 0 Å². The van der Waals surface area contributed by atoms with Crippen molar-refractivity contribution in [2.75, 3.05) is 0 Å². The average molecular weight is 122 g/mol. The Balaban J connectivity index is 1.99. The molecule has 1 fully saturated rings. The molecule has 2 unspecified atom stereocenters. The highest BCUT2D eigenvalue weighted by Gasteiger charge is 2.33. The topological polar surface area (TPSA) is 0 Å². The van der Waals surface area contributed by atoms with E-state index in [1.807, 2.05) is 0 Å². The number of fused-ring (bicyclic) bond motifs is 1. The van der Waals surface area contributed by atoms with E-state index >= 15 is 0 Å². The molecule has 0 aliphatic heterocycles. The van der Waals surface area contributed by atoms with Gasteiger partial charge in [-0.1, -0.05) is 25.0 Å². The van der Waals surface area contributed by atoms with E-state index in [1.54, 1.807) is 5.57 Å². The highest BCUT2D eigenvalue weighted by Crippen LogP contribution is 2.47. The number of hydrogen-bond acceptors (Lipinski definition) is 0. The highest BCUT2D eigenvalue weighted by atomic mass is 14.4. The minimum absolute atomic E-state index is 1.03. The zero-order chi connectivity index (χ0) is 6.27. The van der Waals surface area contributed by atoms with Crippen LogP contribution < -0.4 is 0 Å². The molecule has 0 aromatic heterocycles. The number of hydrogen-bond donors (Lipinski definition) is 0. The van der Waals surface area contributed by atoms with Crippen LogP contribution in [0.3, 0.4) is 0 Å². The SMILES string of the molecule is CCC1CC=C2CC2C1. The molecule has 0 spiro atoms. The van der Waals surface area contributed by atoms with Gasteiger partial charge in [0, 0.05) is 0 Å². The van der Waals surface area contributed by atoms with Crippen LogP contribution in [0.5, 0.6) is 0 Å². The molecule has 2 aliphatic carbocycles. The largest absolute Gasteiger partial charge is 0.0847 e. The third kappa shape index (κ3) is 0.910. The van der Waals surface area contributed by atoms with E-state index in [4.69, 9.17) is 0 Å². The van der Waals surface area contributed by atoms with Crippen LogP contribution in [0.2, 0.25) is 0 Å². The van der Waals surface area contributed by atoms with Crippen molar-refractivity contribution in [1.29, 1.82) is 0 Å². The average Bonchev–Trinajstić information content (AvgIpc) is 2.64. The summed E-state index contributed by atoms with van der Waals surface area (Å²) >= 11 is 0. The third-order valence-electron chi connectivity index (χ3n) is 2.75. The Morgan fingerprint density at radius 2 is 2.56 bits per heavy atom. The summed E-state index contributed by atoms with van der Waals surface area (Å²) in [6, 6.07) is 0. The molecule has 0 aromatic carbocycles. The fourth-order valence-corrected chi connectivity index (χ4v) is 1.86. The summed E-state index contributed by atoms with van der Waals surface area (Å²) in [6.07, 6.45) is 8.18. The molecule has 0 heterocycles. The van der Waals surface area contributed by atoms with Gasteiger partial charge < -0.3 is 0 Å². The third-order valence-corrected chi connectivity index (χ3v) is 2.75. The summed E-state index contributed by atoms with van der Waals surface area (Å²) in [7, 11) is 0. The van der Waals surface area contributed by atoms with Crippen LogP contribution in [0.1, 0.15) is 32.6 Å². The standard InChI is InChI=1S/C9H14/c1-2-7-3-4-8-6-9(8)5-7/h4,7,9H,2-3,5-6H2,1H3. The summed E-state index contributed by atoms with van der Waals surface area (Å²) in [4.78, 5) is 0. The molecule has 2 atom stereocenters. The van der Waals surface area contributed by atoms with Crippen molar-refractivity contribution in [2.24, 2.45) is 11.8 Å². The summed E-state index contributed by atoms with van der Waals surface area (Å²) < 4.78 is 0. The molecule has 0 nitrogen and oxygen atoms in total. The van der Waals surface area contributed by atoms with E-state index in [9.17, 15) is 0 Å². The van der Waals surface area contributed by atoms with E-state index in [0.29, 0.717) is 0 Å². The second kappa shape index (κ2) is 1.86. The van der Waals surface area contributed by atoms with Gasteiger partial charge in [0.15, 0.2) is 0 Å². The quantitative estimate of drug-likeness (QED) is 0.469. The second-order valence-electron chi connectivity index (χ2n) is 3.43. The fraction of sp³-hybridized carbons (Fsp3) is 0.778. The molecular formula is C9H14. The van der Waals surface area contributed by atoms with Crippen molar-refractivity contribution in [3.05, 3.63) is 11.6 Å². The molecule has 0 bridgehead atoms. The normalized spacial score (nSPS) is 39.4. The van der Waals surface area contributed by atoms with Gasteiger partial charge in [0.05, 0.1) is 0 Å². The van der Waals surface area contributed by atoms with Crippen LogP contribution in [0.4, 0.5) is 0 Å². The van der Waals surface area contributed by atoms with Crippen molar-refractivity contribution in [3.8, 4) is 0 Å². The summed E-state index contributed by atoms with van der Waals surface area (Å²) in [5, 5.41) is 0. The Kier molecular flexibility index (Phi) is 1.14. The van der Waals surface area contributed by atoms with Gasteiger partial charge in [-0.15, -0.1) is 0 Å². The van der Waals surface area contributed by atoms with Gasteiger partial charge in [-0.05, 0) is 31.1 Å². The first kappa shape index (κ1) is 5.52. The molecule has 0 heteroatoms. The Hall–Kier alpha value is -0.260. The molecule has 0 saturated heterocycles. The zero-order valence-electron chi connectivity index (χ0n) is 6.06. The van der Waals surface area contributed by atoms with Crippen molar-refractivity contribution in [1.82, 2.24) is 0 Å². The smallest absolute Gasteiger partial charge is 0.0163 e. The van der Waals surface area contributed by atoms with Crippen molar-refractivity contribution in [2.45, 2.75) is 32.6 Å². The highest BCUT2D eigenvalue weighted by molar-refractivity contribution is 5.25. The van der Waals surface area contributed by atoms with Gasteiger partial charge in [-0.2, -0.15) is 0 Å². The first-order chi connectivity index (χ1) is 4.40. The summed E-state index contributed by atoms with van der Waals surface area (Å²) in [5.41, 5.74) is 1.76. The number of allylic oxidation sites excluding steroid dienone is 2. The fourth-order valence-electron chi connectivity index (χ4n) is 1.86.